The molecule has 2 saturated heterocycles. The number of rotatable bonds is 3. The van der Waals surface area contributed by atoms with Gasteiger partial charge in [-0.1, -0.05) is 0 Å². The predicted molar refractivity (Wildman–Crippen MR) is 87.2 cm³/mol. The van der Waals surface area contributed by atoms with Crippen LogP contribution in [0, 0.1) is 0 Å². The largest absolute Gasteiger partial charge is 0.354 e. The van der Waals surface area contributed by atoms with Crippen LogP contribution in [-0.4, -0.2) is 81.1 Å². The molecule has 3 heterocycles. The monoisotopic (exact) mass is 325 g/mol. The minimum Gasteiger partial charge on any atom is -0.354 e. The van der Waals surface area contributed by atoms with Crippen molar-refractivity contribution in [3.63, 3.8) is 0 Å². The Kier molecular flexibility index (Phi) is 4.22. The first-order valence-corrected chi connectivity index (χ1v) is 9.46. The molecule has 1 aromatic heterocycles. The van der Waals surface area contributed by atoms with E-state index in [0.717, 1.165) is 32.0 Å². The first kappa shape index (κ1) is 15.5. The van der Waals surface area contributed by atoms with Gasteiger partial charge < -0.3 is 14.7 Å². The first-order valence-electron chi connectivity index (χ1n) is 7.64. The average Bonchev–Trinajstić information content (AvgIpc) is 2.87. The van der Waals surface area contributed by atoms with E-state index in [0.29, 0.717) is 12.4 Å². The van der Waals surface area contributed by atoms with Crippen molar-refractivity contribution in [3.8, 4) is 0 Å². The topological polar surface area (TPSA) is 69.6 Å². The lowest BCUT2D eigenvalue weighted by atomic mass is 10.2. The summed E-state index contributed by atoms with van der Waals surface area (Å²) < 4.78 is 23.3. The Bertz CT molecular complexity index is 628. The van der Waals surface area contributed by atoms with Crippen molar-refractivity contribution in [1.82, 2.24) is 14.9 Å². The molecular formula is C14H23N5O2S. The molecule has 0 radical (unpaired) electrons. The third-order valence-electron chi connectivity index (χ3n) is 4.53. The normalized spacial score (nSPS) is 25.4. The van der Waals surface area contributed by atoms with Crippen LogP contribution in [0.15, 0.2) is 12.3 Å². The van der Waals surface area contributed by atoms with Gasteiger partial charge in [0.25, 0.3) is 0 Å². The molecule has 0 N–H and O–H groups in total. The number of hydrogen-bond acceptors (Lipinski definition) is 7. The molecule has 3 rings (SSSR count). The average molecular weight is 325 g/mol. The molecule has 2 fully saturated rings. The molecule has 8 heteroatoms. The maximum atomic E-state index is 11.6. The van der Waals surface area contributed by atoms with E-state index in [-0.39, 0.29) is 17.5 Å². The summed E-state index contributed by atoms with van der Waals surface area (Å²) in [5.41, 5.74) is 0. The van der Waals surface area contributed by atoms with Gasteiger partial charge in [-0.15, -0.1) is 0 Å². The highest BCUT2D eigenvalue weighted by atomic mass is 32.2. The molecule has 0 spiro atoms. The molecule has 1 aromatic rings. The Morgan fingerprint density at radius 2 is 2.00 bits per heavy atom. The number of hydrogen-bond donors (Lipinski definition) is 0. The van der Waals surface area contributed by atoms with Crippen LogP contribution in [0.3, 0.4) is 0 Å². The number of nitrogens with zero attached hydrogens (tertiary/aromatic N) is 5. The number of aromatic nitrogens is 2. The molecule has 0 saturated carbocycles. The maximum Gasteiger partial charge on any atom is 0.227 e. The van der Waals surface area contributed by atoms with Gasteiger partial charge in [-0.2, -0.15) is 4.98 Å². The molecule has 2 aliphatic rings. The highest BCUT2D eigenvalue weighted by molar-refractivity contribution is 7.91. The lowest BCUT2D eigenvalue weighted by Gasteiger charge is -2.33. The van der Waals surface area contributed by atoms with Crippen molar-refractivity contribution in [2.45, 2.75) is 12.5 Å². The summed E-state index contributed by atoms with van der Waals surface area (Å²) in [7, 11) is 1.11. The Balaban J connectivity index is 1.73. The zero-order valence-electron chi connectivity index (χ0n) is 13.1. The van der Waals surface area contributed by atoms with Crippen molar-refractivity contribution in [2.75, 3.05) is 61.6 Å². The second kappa shape index (κ2) is 6.00. The van der Waals surface area contributed by atoms with E-state index >= 15 is 0 Å². The Labute approximate surface area is 131 Å². The van der Waals surface area contributed by atoms with Crippen LogP contribution in [0.4, 0.5) is 11.8 Å². The molecular weight excluding hydrogens is 302 g/mol. The van der Waals surface area contributed by atoms with E-state index in [1.807, 2.05) is 18.0 Å². The van der Waals surface area contributed by atoms with E-state index in [1.54, 1.807) is 6.20 Å². The van der Waals surface area contributed by atoms with Gasteiger partial charge in [-0.25, -0.2) is 13.4 Å². The molecule has 0 bridgehead atoms. The number of likely N-dealkylation sites (N-methyl/N-ethyl adjacent to an activating group) is 1. The Morgan fingerprint density at radius 1 is 1.27 bits per heavy atom. The van der Waals surface area contributed by atoms with E-state index in [2.05, 4.69) is 26.8 Å². The van der Waals surface area contributed by atoms with Gasteiger partial charge in [-0.05, 0) is 19.5 Å². The summed E-state index contributed by atoms with van der Waals surface area (Å²) in [6, 6.07) is 1.90. The van der Waals surface area contributed by atoms with Crippen molar-refractivity contribution >= 4 is 21.6 Å². The summed E-state index contributed by atoms with van der Waals surface area (Å²) in [5, 5.41) is 0. The van der Waals surface area contributed by atoms with Gasteiger partial charge >= 0.3 is 0 Å². The van der Waals surface area contributed by atoms with Crippen molar-refractivity contribution < 1.29 is 8.42 Å². The fraction of sp³-hybridized carbons (Fsp3) is 0.714. The van der Waals surface area contributed by atoms with Gasteiger partial charge in [0.1, 0.15) is 5.82 Å². The molecule has 1 unspecified atom stereocenters. The number of sulfone groups is 1. The van der Waals surface area contributed by atoms with Gasteiger partial charge in [0, 0.05) is 45.5 Å². The van der Waals surface area contributed by atoms with E-state index < -0.39 is 9.84 Å². The highest BCUT2D eigenvalue weighted by Gasteiger charge is 2.32. The fourth-order valence-electron chi connectivity index (χ4n) is 2.96. The fourth-order valence-corrected chi connectivity index (χ4v) is 4.74. The lowest BCUT2D eigenvalue weighted by Crippen LogP contribution is -2.45. The summed E-state index contributed by atoms with van der Waals surface area (Å²) >= 11 is 0. The third kappa shape index (κ3) is 3.33. The summed E-state index contributed by atoms with van der Waals surface area (Å²) in [6.07, 6.45) is 2.41. The zero-order valence-corrected chi connectivity index (χ0v) is 14.0. The van der Waals surface area contributed by atoms with Crippen molar-refractivity contribution in [2.24, 2.45) is 0 Å². The Morgan fingerprint density at radius 3 is 2.64 bits per heavy atom. The lowest BCUT2D eigenvalue weighted by molar-refractivity contribution is 0.312. The second-order valence-corrected chi connectivity index (χ2v) is 8.40. The van der Waals surface area contributed by atoms with E-state index in [4.69, 9.17) is 0 Å². The zero-order chi connectivity index (χ0) is 15.7. The Hall–Kier alpha value is -1.41. The predicted octanol–water partition coefficient (Wildman–Crippen LogP) is -0.148. The maximum absolute atomic E-state index is 11.6. The molecule has 0 aliphatic carbocycles. The SMILES string of the molecule is CN1CCN(c2ccnc(N(C)C3CCS(=O)(=O)C3)n2)CC1. The van der Waals surface area contributed by atoms with Gasteiger partial charge in [0.15, 0.2) is 9.84 Å². The quantitative estimate of drug-likeness (QED) is 0.765. The minimum atomic E-state index is -2.90. The molecule has 122 valence electrons. The van der Waals surface area contributed by atoms with Crippen LogP contribution in [0.5, 0.6) is 0 Å². The molecule has 0 aromatic carbocycles. The highest BCUT2D eigenvalue weighted by Crippen LogP contribution is 2.22. The van der Waals surface area contributed by atoms with Gasteiger partial charge in [0.2, 0.25) is 5.95 Å². The third-order valence-corrected chi connectivity index (χ3v) is 6.28. The smallest absolute Gasteiger partial charge is 0.227 e. The van der Waals surface area contributed by atoms with Crippen molar-refractivity contribution in [1.29, 1.82) is 0 Å². The molecule has 7 nitrogen and oxygen atoms in total. The summed E-state index contributed by atoms with van der Waals surface area (Å²) in [5.74, 6) is 2.00. The first-order chi connectivity index (χ1) is 10.4. The number of piperazine rings is 1. The van der Waals surface area contributed by atoms with Crippen molar-refractivity contribution in [3.05, 3.63) is 12.3 Å². The van der Waals surface area contributed by atoms with Crippen LogP contribution in [-0.2, 0) is 9.84 Å². The van der Waals surface area contributed by atoms with Crippen LogP contribution >= 0.6 is 0 Å². The summed E-state index contributed by atoms with van der Waals surface area (Å²) in [6.45, 7) is 3.95. The standard InChI is InChI=1S/C14H23N5O2S/c1-17-6-8-19(9-7-17)13-3-5-15-14(16-13)18(2)12-4-10-22(20,21)11-12/h3,5,12H,4,6-11H2,1-2H3. The molecule has 22 heavy (non-hydrogen) atoms. The molecule has 1 atom stereocenters. The van der Waals surface area contributed by atoms with Crippen LogP contribution in [0.1, 0.15) is 6.42 Å². The summed E-state index contributed by atoms with van der Waals surface area (Å²) in [4.78, 5) is 15.4. The minimum absolute atomic E-state index is 0.0206. The van der Waals surface area contributed by atoms with Crippen LogP contribution in [0.25, 0.3) is 0 Å². The molecule has 2 aliphatic heterocycles. The van der Waals surface area contributed by atoms with Crippen LogP contribution in [0.2, 0.25) is 0 Å². The molecule has 0 amide bonds. The second-order valence-electron chi connectivity index (χ2n) is 6.17. The van der Waals surface area contributed by atoms with E-state index in [9.17, 15) is 8.42 Å². The number of anilines is 2. The van der Waals surface area contributed by atoms with Gasteiger partial charge in [0.05, 0.1) is 11.5 Å². The van der Waals surface area contributed by atoms with Crippen LogP contribution < -0.4 is 9.80 Å². The van der Waals surface area contributed by atoms with Gasteiger partial charge in [-0.3, -0.25) is 0 Å². The van der Waals surface area contributed by atoms with E-state index in [1.165, 1.54) is 0 Å².